The molecule has 1 fully saturated rings. The first kappa shape index (κ1) is 27.0. The minimum atomic E-state index is -4.80. The molecule has 2 amide bonds. The van der Waals surface area contributed by atoms with Gasteiger partial charge in [-0.15, -0.1) is 15.6 Å². The molecular weight excluding hydrogens is 523 g/mol. The van der Waals surface area contributed by atoms with E-state index in [1.807, 2.05) is 0 Å². The standard InChI is InChI=1S/C21H26ClFN4O6S2/c1-5-26(13-6-7-25(10-13)19(28)29)16-9-15(23)17(8-14(16)22)35(31,32)27(18-11-34-12-24-18)20(30)33-21(2,3)4/h8-9,11-13H,5-7,10H2,1-4H3,(H,28,29)/t13-/m0/s1. The average Bonchev–Trinajstić information content (AvgIpc) is 3.42. The largest absolute Gasteiger partial charge is 0.465 e. The number of aromatic nitrogens is 1. The molecule has 1 aromatic carbocycles. The Bertz CT molecular complexity index is 1200. The second kappa shape index (κ2) is 10.2. The number of carboxylic acid groups (broad SMARTS) is 1. The minimum Gasteiger partial charge on any atom is -0.465 e. The van der Waals surface area contributed by atoms with Gasteiger partial charge >= 0.3 is 12.2 Å². The van der Waals surface area contributed by atoms with Gasteiger partial charge in [-0.05, 0) is 40.2 Å². The number of halogens is 2. The van der Waals surface area contributed by atoms with Crippen molar-refractivity contribution in [2.45, 2.75) is 50.7 Å². The minimum absolute atomic E-state index is 0.0667. The van der Waals surface area contributed by atoms with Crippen LogP contribution < -0.4 is 9.21 Å². The molecular formula is C21H26ClFN4O6S2. The van der Waals surface area contributed by atoms with Gasteiger partial charge < -0.3 is 19.6 Å². The van der Waals surface area contributed by atoms with E-state index >= 15 is 4.39 Å². The molecule has 2 heterocycles. The van der Waals surface area contributed by atoms with Gasteiger partial charge in [-0.25, -0.2) is 27.4 Å². The summed E-state index contributed by atoms with van der Waals surface area (Å²) in [5, 5.41) is 10.5. The van der Waals surface area contributed by atoms with E-state index in [0.717, 1.165) is 23.5 Å². The third-order valence-corrected chi connectivity index (χ3v) is 7.79. The van der Waals surface area contributed by atoms with Crippen molar-refractivity contribution in [1.29, 1.82) is 0 Å². The summed E-state index contributed by atoms with van der Waals surface area (Å²) < 4.78 is 47.8. The van der Waals surface area contributed by atoms with Crippen LogP contribution in [0.3, 0.4) is 0 Å². The Morgan fingerprint density at radius 2 is 2.06 bits per heavy atom. The Hall–Kier alpha value is -2.64. The lowest BCUT2D eigenvalue weighted by molar-refractivity contribution is 0.0608. The third-order valence-electron chi connectivity index (χ3n) is 5.23. The molecule has 0 unspecified atom stereocenters. The first-order chi connectivity index (χ1) is 16.3. The van der Waals surface area contributed by atoms with Gasteiger partial charge in [0.1, 0.15) is 16.3 Å². The highest BCUT2D eigenvalue weighted by Gasteiger charge is 2.39. The highest BCUT2D eigenvalue weighted by Crippen LogP contribution is 2.36. The predicted octanol–water partition coefficient (Wildman–Crippen LogP) is 4.64. The summed E-state index contributed by atoms with van der Waals surface area (Å²) in [5.74, 6) is -1.36. The smallest absolute Gasteiger partial charge is 0.430 e. The van der Waals surface area contributed by atoms with Crippen LogP contribution in [-0.4, -0.2) is 66.9 Å². The molecule has 1 N–H and O–H groups in total. The molecule has 35 heavy (non-hydrogen) atoms. The fourth-order valence-electron chi connectivity index (χ4n) is 3.75. The molecule has 1 saturated heterocycles. The van der Waals surface area contributed by atoms with E-state index in [-0.39, 0.29) is 29.1 Å². The van der Waals surface area contributed by atoms with E-state index in [1.165, 1.54) is 15.8 Å². The number of likely N-dealkylation sites (N-methyl/N-ethyl adjacent to an activating group) is 1. The average molecular weight is 549 g/mol. The molecule has 0 bridgehead atoms. The number of hydrogen-bond donors (Lipinski definition) is 1. The van der Waals surface area contributed by atoms with Crippen LogP contribution in [0.4, 0.5) is 25.5 Å². The highest BCUT2D eigenvalue weighted by molar-refractivity contribution is 7.93. The van der Waals surface area contributed by atoms with Crippen LogP contribution in [0.5, 0.6) is 0 Å². The lowest BCUT2D eigenvalue weighted by Crippen LogP contribution is -2.41. The molecule has 192 valence electrons. The Morgan fingerprint density at radius 1 is 1.37 bits per heavy atom. The molecule has 3 rings (SSSR count). The van der Waals surface area contributed by atoms with E-state index in [1.54, 1.807) is 32.6 Å². The van der Waals surface area contributed by atoms with Crippen molar-refractivity contribution in [2.75, 3.05) is 28.8 Å². The molecule has 1 atom stereocenters. The maximum Gasteiger partial charge on any atom is 0.430 e. The number of amides is 2. The van der Waals surface area contributed by atoms with Crippen molar-refractivity contribution < 1.29 is 32.2 Å². The Labute approximate surface area is 211 Å². The molecule has 0 saturated carbocycles. The molecule has 2 aromatic rings. The number of benzene rings is 1. The zero-order valence-electron chi connectivity index (χ0n) is 19.6. The van der Waals surface area contributed by atoms with E-state index in [2.05, 4.69) is 4.98 Å². The molecule has 1 aromatic heterocycles. The van der Waals surface area contributed by atoms with Crippen LogP contribution in [0.1, 0.15) is 34.1 Å². The quantitative estimate of drug-likeness (QED) is 0.554. The van der Waals surface area contributed by atoms with E-state index in [9.17, 15) is 23.1 Å². The number of carbonyl (C=O) groups is 2. The van der Waals surface area contributed by atoms with Gasteiger partial charge in [0.2, 0.25) is 0 Å². The number of likely N-dealkylation sites (tertiary alicyclic amines) is 1. The summed E-state index contributed by atoms with van der Waals surface area (Å²) in [4.78, 5) is 30.2. The zero-order valence-corrected chi connectivity index (χ0v) is 22.0. The van der Waals surface area contributed by atoms with Gasteiger partial charge in [-0.2, -0.15) is 0 Å². The first-order valence-corrected chi connectivity index (χ1v) is 13.4. The third kappa shape index (κ3) is 5.78. The summed E-state index contributed by atoms with van der Waals surface area (Å²) in [5.41, 5.74) is 0.532. The van der Waals surface area contributed by atoms with E-state index < -0.39 is 38.5 Å². The summed E-state index contributed by atoms with van der Waals surface area (Å²) in [6, 6.07) is 1.66. The summed E-state index contributed by atoms with van der Waals surface area (Å²) in [7, 11) is -4.80. The van der Waals surface area contributed by atoms with Gasteiger partial charge in [0.25, 0.3) is 10.0 Å². The maximum atomic E-state index is 15.4. The number of nitrogens with zero attached hydrogens (tertiary/aromatic N) is 4. The van der Waals surface area contributed by atoms with Crippen LogP contribution in [0.2, 0.25) is 5.02 Å². The van der Waals surface area contributed by atoms with Crippen molar-refractivity contribution >= 4 is 56.7 Å². The topological polar surface area (TPSA) is 120 Å². The number of hydrogen-bond acceptors (Lipinski definition) is 8. The maximum absolute atomic E-state index is 15.4. The second-order valence-corrected chi connectivity index (χ2v) is 11.7. The molecule has 0 aliphatic carbocycles. The zero-order chi connectivity index (χ0) is 26.1. The highest BCUT2D eigenvalue weighted by atomic mass is 35.5. The van der Waals surface area contributed by atoms with Crippen molar-refractivity contribution in [2.24, 2.45) is 0 Å². The van der Waals surface area contributed by atoms with Crippen molar-refractivity contribution in [1.82, 2.24) is 9.88 Å². The molecule has 1 aliphatic rings. The number of thiazole rings is 1. The Morgan fingerprint density at radius 3 is 2.57 bits per heavy atom. The van der Waals surface area contributed by atoms with E-state index in [0.29, 0.717) is 23.8 Å². The van der Waals surface area contributed by atoms with Gasteiger partial charge in [-0.3, -0.25) is 0 Å². The van der Waals surface area contributed by atoms with Crippen LogP contribution >= 0.6 is 22.9 Å². The fraction of sp³-hybridized carbons (Fsp3) is 0.476. The molecule has 10 nitrogen and oxygen atoms in total. The Balaban J connectivity index is 2.02. The van der Waals surface area contributed by atoms with Crippen molar-refractivity contribution in [3.05, 3.63) is 33.9 Å². The SMILES string of the molecule is CCN(c1cc(F)c(S(=O)(=O)N(C(=O)OC(C)(C)C)c2cscn2)cc1Cl)[C@H]1CCN(C(=O)O)C1. The summed E-state index contributed by atoms with van der Waals surface area (Å²) >= 11 is 7.47. The Kier molecular flexibility index (Phi) is 7.82. The lowest BCUT2D eigenvalue weighted by Gasteiger charge is -2.31. The molecule has 1 aliphatic heterocycles. The van der Waals surface area contributed by atoms with Crippen molar-refractivity contribution in [3.63, 3.8) is 0 Å². The first-order valence-electron chi connectivity index (χ1n) is 10.7. The number of ether oxygens (including phenoxy) is 1. The van der Waals surface area contributed by atoms with Gasteiger partial charge in [0, 0.05) is 37.1 Å². The number of rotatable bonds is 6. The number of sulfonamides is 1. The fourth-order valence-corrected chi connectivity index (χ4v) is 6.02. The van der Waals surface area contributed by atoms with Crippen LogP contribution in [0, 0.1) is 5.82 Å². The number of anilines is 2. The van der Waals surface area contributed by atoms with Gasteiger partial charge in [-0.1, -0.05) is 11.6 Å². The van der Waals surface area contributed by atoms with Crippen LogP contribution in [0.25, 0.3) is 0 Å². The van der Waals surface area contributed by atoms with Gasteiger partial charge in [0.15, 0.2) is 5.82 Å². The van der Waals surface area contributed by atoms with E-state index in [4.69, 9.17) is 16.3 Å². The van der Waals surface area contributed by atoms with Gasteiger partial charge in [0.05, 0.1) is 16.2 Å². The predicted molar refractivity (Wildman–Crippen MR) is 130 cm³/mol. The second-order valence-electron chi connectivity index (χ2n) is 8.79. The summed E-state index contributed by atoms with van der Waals surface area (Å²) in [6.07, 6.45) is -1.78. The normalized spacial score (nSPS) is 16.3. The van der Waals surface area contributed by atoms with Crippen molar-refractivity contribution in [3.8, 4) is 0 Å². The lowest BCUT2D eigenvalue weighted by atomic mass is 10.2. The summed E-state index contributed by atoms with van der Waals surface area (Å²) in [6.45, 7) is 7.41. The van der Waals surface area contributed by atoms with Crippen LogP contribution in [-0.2, 0) is 14.8 Å². The molecule has 0 radical (unpaired) electrons. The molecule has 0 spiro atoms. The van der Waals surface area contributed by atoms with Crippen LogP contribution in [0.15, 0.2) is 27.9 Å². The number of carbonyl (C=O) groups excluding carboxylic acids is 1. The molecule has 14 heteroatoms. The monoisotopic (exact) mass is 548 g/mol.